The second kappa shape index (κ2) is 8.26. The van der Waals surface area contributed by atoms with E-state index in [4.69, 9.17) is 0 Å². The Bertz CT molecular complexity index is 879. The summed E-state index contributed by atoms with van der Waals surface area (Å²) in [7, 11) is 0. The molecular weight excluding hydrogens is 394 g/mol. The number of likely N-dealkylation sites (tertiary alicyclic amines) is 1. The number of phenolic OH excluding ortho intramolecular Hbond substituents is 1. The average Bonchev–Trinajstić information content (AvgIpc) is 3.04. The van der Waals surface area contributed by atoms with Gasteiger partial charge in [-0.2, -0.15) is 0 Å². The number of carbonyl (C=O) groups is 3. The number of hydrogen-bond acceptors (Lipinski definition) is 6. The number of hydrogen-bond donors (Lipinski definition) is 1. The summed E-state index contributed by atoms with van der Waals surface area (Å²) in [6, 6.07) is 7.45. The molecule has 1 aromatic carbocycles. The number of para-hydroxylation sites is 2. The molecule has 2 heterocycles. The summed E-state index contributed by atoms with van der Waals surface area (Å²) < 4.78 is 0. The number of fused-ring (bicyclic) bond motifs is 2. The fourth-order valence-corrected chi connectivity index (χ4v) is 6.22. The van der Waals surface area contributed by atoms with Crippen molar-refractivity contribution in [2.45, 2.75) is 32.1 Å². The molecule has 1 N–H and O–H groups in total. The van der Waals surface area contributed by atoms with Crippen molar-refractivity contribution in [1.29, 1.82) is 0 Å². The van der Waals surface area contributed by atoms with Crippen molar-refractivity contribution in [3.05, 3.63) is 24.3 Å². The van der Waals surface area contributed by atoms with E-state index < -0.39 is 0 Å². The van der Waals surface area contributed by atoms with Gasteiger partial charge in [0.15, 0.2) is 0 Å². The van der Waals surface area contributed by atoms with Gasteiger partial charge in [0.05, 0.1) is 17.5 Å². The highest BCUT2D eigenvalue weighted by Gasteiger charge is 2.60. The predicted octanol–water partition coefficient (Wildman–Crippen LogP) is 1.89. The van der Waals surface area contributed by atoms with E-state index in [0.29, 0.717) is 18.7 Å². The third kappa shape index (κ3) is 3.63. The number of rotatable bonds is 6. The van der Waals surface area contributed by atoms with Crippen molar-refractivity contribution in [1.82, 2.24) is 9.80 Å². The predicted molar refractivity (Wildman–Crippen MR) is 116 cm³/mol. The first kappa shape index (κ1) is 20.5. The molecule has 166 valence electrons. The number of aromatic hydroxyl groups is 1. The molecule has 2 aliphatic heterocycles. The van der Waals surface area contributed by atoms with Gasteiger partial charge in [0.1, 0.15) is 11.5 Å². The zero-order valence-electron chi connectivity index (χ0n) is 17.9. The lowest BCUT2D eigenvalue weighted by Gasteiger charge is -2.41. The van der Waals surface area contributed by atoms with Gasteiger partial charge in [0.25, 0.3) is 0 Å². The van der Waals surface area contributed by atoms with Crippen LogP contribution in [0.25, 0.3) is 0 Å². The molecular formula is C24H31N3O4. The topological polar surface area (TPSA) is 81.2 Å². The molecule has 5 aliphatic rings. The van der Waals surface area contributed by atoms with Crippen LogP contribution in [0.3, 0.4) is 0 Å². The Morgan fingerprint density at radius 3 is 2.32 bits per heavy atom. The van der Waals surface area contributed by atoms with Crippen LogP contribution in [-0.2, 0) is 14.4 Å². The molecule has 4 unspecified atom stereocenters. The van der Waals surface area contributed by atoms with E-state index in [1.165, 1.54) is 4.90 Å². The Morgan fingerprint density at radius 1 is 0.871 bits per heavy atom. The third-order valence-electron chi connectivity index (χ3n) is 7.86. The van der Waals surface area contributed by atoms with Gasteiger partial charge in [-0.3, -0.25) is 24.2 Å². The molecule has 4 atom stereocenters. The summed E-state index contributed by atoms with van der Waals surface area (Å²) >= 11 is 0. The van der Waals surface area contributed by atoms with Crippen LogP contribution in [0.15, 0.2) is 24.3 Å². The van der Waals surface area contributed by atoms with Gasteiger partial charge in [0, 0.05) is 45.1 Å². The van der Waals surface area contributed by atoms with Gasteiger partial charge in [-0.15, -0.1) is 0 Å². The minimum atomic E-state index is -0.366. The molecule has 31 heavy (non-hydrogen) atoms. The summed E-state index contributed by atoms with van der Waals surface area (Å²) in [4.78, 5) is 44.1. The lowest BCUT2D eigenvalue weighted by Crippen LogP contribution is -2.46. The number of imide groups is 1. The first-order valence-electron chi connectivity index (χ1n) is 11.7. The summed E-state index contributed by atoms with van der Waals surface area (Å²) in [6.07, 6.45) is 3.93. The molecule has 3 aliphatic carbocycles. The summed E-state index contributed by atoms with van der Waals surface area (Å²) in [6.45, 7) is 5.05. The largest absolute Gasteiger partial charge is 0.506 e. The fourth-order valence-electron chi connectivity index (χ4n) is 6.22. The fraction of sp³-hybridized carbons (Fsp3) is 0.625. The minimum absolute atomic E-state index is 0.0199. The van der Waals surface area contributed by atoms with Crippen LogP contribution in [0, 0.1) is 23.7 Å². The van der Waals surface area contributed by atoms with E-state index >= 15 is 0 Å². The molecule has 2 saturated heterocycles. The van der Waals surface area contributed by atoms with Crippen molar-refractivity contribution >= 4 is 23.3 Å². The van der Waals surface area contributed by atoms with Crippen LogP contribution in [0.5, 0.6) is 5.75 Å². The quantitative estimate of drug-likeness (QED) is 0.554. The second-order valence-corrected chi connectivity index (χ2v) is 9.52. The van der Waals surface area contributed by atoms with Crippen LogP contribution >= 0.6 is 0 Å². The highest BCUT2D eigenvalue weighted by Crippen LogP contribution is 2.51. The molecule has 3 saturated carbocycles. The number of unbranched alkanes of at least 4 members (excludes halogenated alkanes) is 1. The number of carbonyl (C=O) groups excluding carboxylic acids is 3. The van der Waals surface area contributed by atoms with Crippen LogP contribution in [0.4, 0.5) is 5.69 Å². The Balaban J connectivity index is 1.08. The van der Waals surface area contributed by atoms with E-state index in [9.17, 15) is 19.5 Å². The van der Waals surface area contributed by atoms with Crippen molar-refractivity contribution < 1.29 is 19.5 Å². The van der Waals surface area contributed by atoms with Gasteiger partial charge in [-0.05, 0) is 50.3 Å². The lowest BCUT2D eigenvalue weighted by molar-refractivity contribution is -0.144. The van der Waals surface area contributed by atoms with Crippen LogP contribution in [0.2, 0.25) is 0 Å². The maximum atomic E-state index is 12.9. The molecule has 2 bridgehead atoms. The summed E-state index contributed by atoms with van der Waals surface area (Å²) in [5.41, 5.74) is 0.891. The van der Waals surface area contributed by atoms with E-state index in [0.717, 1.165) is 64.1 Å². The maximum Gasteiger partial charge on any atom is 0.233 e. The summed E-state index contributed by atoms with van der Waals surface area (Å²) in [5, 5.41) is 10.0. The molecule has 7 heteroatoms. The number of piperazine rings is 1. The molecule has 1 aromatic rings. The van der Waals surface area contributed by atoms with Gasteiger partial charge in [-0.25, -0.2) is 0 Å². The lowest BCUT2D eigenvalue weighted by atomic mass is 9.59. The minimum Gasteiger partial charge on any atom is -0.506 e. The SMILES string of the molecule is O=C1CC2CCC1C1C(=O)N(CCCCN3CCN(c4ccccc4O)CC3)C(=O)C21. The van der Waals surface area contributed by atoms with Gasteiger partial charge < -0.3 is 10.0 Å². The number of benzene rings is 1. The third-order valence-corrected chi connectivity index (χ3v) is 7.86. The Labute approximate surface area is 183 Å². The molecule has 0 aromatic heterocycles. The van der Waals surface area contributed by atoms with Gasteiger partial charge in [-0.1, -0.05) is 12.1 Å². The van der Waals surface area contributed by atoms with E-state index in [2.05, 4.69) is 9.80 Å². The zero-order chi connectivity index (χ0) is 21.5. The standard InChI is InChI=1S/C24H31N3O4/c28-19-6-2-1-5-18(19)26-13-11-25(12-14-26)9-3-4-10-27-23(30)21-16-7-8-17(20(29)15-16)22(21)24(27)31/h1-2,5-6,16-17,21-22,28H,3-4,7-15H2. The molecule has 0 radical (unpaired) electrons. The number of Topliss-reactive ketones (excluding diaryl/α,β-unsaturated/α-hetero) is 1. The van der Waals surface area contributed by atoms with Gasteiger partial charge in [0.2, 0.25) is 11.8 Å². The summed E-state index contributed by atoms with van der Waals surface area (Å²) in [5.74, 6) is -0.305. The number of amides is 2. The molecule has 2 amide bonds. The molecule has 5 fully saturated rings. The monoisotopic (exact) mass is 425 g/mol. The normalized spacial score (nSPS) is 30.9. The highest BCUT2D eigenvalue weighted by molar-refractivity contribution is 6.08. The highest BCUT2D eigenvalue weighted by atomic mass is 16.3. The average molecular weight is 426 g/mol. The number of nitrogens with zero attached hydrogens (tertiary/aromatic N) is 3. The van der Waals surface area contributed by atoms with E-state index in [1.54, 1.807) is 6.07 Å². The van der Waals surface area contributed by atoms with E-state index in [-0.39, 0.29) is 41.3 Å². The van der Waals surface area contributed by atoms with Crippen LogP contribution in [0.1, 0.15) is 32.1 Å². The Morgan fingerprint density at radius 2 is 1.58 bits per heavy atom. The first-order chi connectivity index (χ1) is 15.0. The molecule has 6 rings (SSSR count). The van der Waals surface area contributed by atoms with Crippen molar-refractivity contribution in [3.8, 4) is 5.75 Å². The number of phenols is 1. The number of anilines is 1. The van der Waals surface area contributed by atoms with Crippen molar-refractivity contribution in [3.63, 3.8) is 0 Å². The van der Waals surface area contributed by atoms with Crippen molar-refractivity contribution in [2.75, 3.05) is 44.2 Å². The molecule has 0 spiro atoms. The Kier molecular flexibility index (Phi) is 5.46. The number of ketones is 1. The van der Waals surface area contributed by atoms with E-state index in [1.807, 2.05) is 18.2 Å². The second-order valence-electron chi connectivity index (χ2n) is 9.52. The smallest absolute Gasteiger partial charge is 0.233 e. The Hall–Kier alpha value is -2.41. The first-order valence-corrected chi connectivity index (χ1v) is 11.7. The molecule has 7 nitrogen and oxygen atoms in total. The van der Waals surface area contributed by atoms with Crippen LogP contribution < -0.4 is 4.90 Å². The maximum absolute atomic E-state index is 12.9. The van der Waals surface area contributed by atoms with Crippen LogP contribution in [-0.4, -0.2) is 71.8 Å². The van der Waals surface area contributed by atoms with Crippen molar-refractivity contribution in [2.24, 2.45) is 23.7 Å². The zero-order valence-corrected chi connectivity index (χ0v) is 17.9. The van der Waals surface area contributed by atoms with Gasteiger partial charge >= 0.3 is 0 Å².